The predicted molar refractivity (Wildman–Crippen MR) is 82.5 cm³/mol. The molecule has 4 nitrogen and oxygen atoms in total. The molecule has 2 unspecified atom stereocenters. The van der Waals surface area contributed by atoms with Crippen LogP contribution >= 0.6 is 11.8 Å². The van der Waals surface area contributed by atoms with Crippen molar-refractivity contribution in [1.29, 1.82) is 0 Å². The van der Waals surface area contributed by atoms with Gasteiger partial charge in [-0.2, -0.15) is 0 Å². The number of thioether (sulfide) groups is 1. The van der Waals surface area contributed by atoms with Crippen molar-refractivity contribution in [2.75, 3.05) is 18.5 Å². The Bertz CT molecular complexity index is 464. The van der Waals surface area contributed by atoms with E-state index < -0.39 is 0 Å². The fourth-order valence-electron chi connectivity index (χ4n) is 2.39. The molecule has 3 rings (SSSR count). The zero-order valence-corrected chi connectivity index (χ0v) is 13.1. The van der Waals surface area contributed by atoms with Gasteiger partial charge in [0.25, 0.3) is 0 Å². The van der Waals surface area contributed by atoms with Crippen LogP contribution in [0.3, 0.4) is 0 Å². The molecule has 0 radical (unpaired) electrons. The molecule has 1 aliphatic heterocycles. The van der Waals surface area contributed by atoms with E-state index in [0.29, 0.717) is 17.3 Å². The summed E-state index contributed by atoms with van der Waals surface area (Å²) in [4.78, 5) is 9.42. The summed E-state index contributed by atoms with van der Waals surface area (Å²) in [5, 5.41) is 5.02. The molecule has 2 heterocycles. The van der Waals surface area contributed by atoms with Crippen molar-refractivity contribution in [3.05, 3.63) is 11.9 Å². The summed E-state index contributed by atoms with van der Waals surface area (Å²) in [6.07, 6.45) is 5.03. The Labute approximate surface area is 125 Å². The molecule has 110 valence electrons. The fraction of sp³-hybridized carbons (Fsp3) is 0.733. The minimum atomic E-state index is 0.325. The molecule has 2 atom stereocenters. The molecular formula is C15H23N3OS. The molecule has 0 aromatic carbocycles. The number of anilines is 1. The Morgan fingerprint density at radius 2 is 2.20 bits per heavy atom. The van der Waals surface area contributed by atoms with Crippen LogP contribution in [-0.4, -0.2) is 34.5 Å². The zero-order valence-electron chi connectivity index (χ0n) is 12.3. The number of rotatable bonds is 6. The van der Waals surface area contributed by atoms with E-state index >= 15 is 0 Å². The van der Waals surface area contributed by atoms with Gasteiger partial charge in [0.1, 0.15) is 16.7 Å². The van der Waals surface area contributed by atoms with Crippen LogP contribution in [0.15, 0.2) is 11.1 Å². The summed E-state index contributed by atoms with van der Waals surface area (Å²) < 4.78 is 5.64. The number of hydrogen-bond acceptors (Lipinski definition) is 5. The minimum absolute atomic E-state index is 0.325. The zero-order chi connectivity index (χ0) is 13.9. The van der Waals surface area contributed by atoms with Gasteiger partial charge >= 0.3 is 0 Å². The Hall–Kier alpha value is -0.810. The van der Waals surface area contributed by atoms with E-state index in [-0.39, 0.29) is 0 Å². The van der Waals surface area contributed by atoms with Gasteiger partial charge in [-0.3, -0.25) is 0 Å². The molecule has 1 N–H and O–H groups in total. The molecule has 0 spiro atoms. The van der Waals surface area contributed by atoms with Crippen LogP contribution in [0.5, 0.6) is 0 Å². The summed E-state index contributed by atoms with van der Waals surface area (Å²) in [6, 6.07) is 2.09. The molecule has 20 heavy (non-hydrogen) atoms. The van der Waals surface area contributed by atoms with E-state index in [2.05, 4.69) is 30.2 Å². The molecule has 5 heteroatoms. The van der Waals surface area contributed by atoms with Crippen molar-refractivity contribution in [2.45, 2.75) is 61.8 Å². The Kier molecular flexibility index (Phi) is 4.46. The molecule has 2 fully saturated rings. The summed E-state index contributed by atoms with van der Waals surface area (Å²) in [6.45, 7) is 6.17. The van der Waals surface area contributed by atoms with Gasteiger partial charge in [-0.05, 0) is 32.6 Å². The second kappa shape index (κ2) is 6.31. The number of hydrogen-bond donors (Lipinski definition) is 1. The number of ether oxygens (including phenoxy) is 1. The molecule has 2 aliphatic rings. The van der Waals surface area contributed by atoms with Crippen LogP contribution in [-0.2, 0) is 4.74 Å². The fourth-order valence-corrected chi connectivity index (χ4v) is 3.51. The standard InChI is InChI=1S/C15H23N3OS/c1-3-7-16-13-9-14(18-15(17-13)11-4-5-11)20-12-6-8-19-10(12)2/h9-12H,3-8H2,1-2H3,(H,16,17,18). The van der Waals surface area contributed by atoms with Crippen molar-refractivity contribution in [3.8, 4) is 0 Å². The van der Waals surface area contributed by atoms with Gasteiger partial charge in [-0.25, -0.2) is 9.97 Å². The van der Waals surface area contributed by atoms with Crippen molar-refractivity contribution in [1.82, 2.24) is 9.97 Å². The normalized spacial score (nSPS) is 25.9. The first-order chi connectivity index (χ1) is 9.76. The topological polar surface area (TPSA) is 47.0 Å². The van der Waals surface area contributed by atoms with Crippen LogP contribution in [0.25, 0.3) is 0 Å². The van der Waals surface area contributed by atoms with Crippen LogP contribution in [0.1, 0.15) is 51.3 Å². The third kappa shape index (κ3) is 3.44. The van der Waals surface area contributed by atoms with E-state index in [0.717, 1.165) is 42.7 Å². The second-order valence-electron chi connectivity index (χ2n) is 5.67. The monoisotopic (exact) mass is 293 g/mol. The highest BCUT2D eigenvalue weighted by Gasteiger charge is 2.29. The minimum Gasteiger partial charge on any atom is -0.377 e. The van der Waals surface area contributed by atoms with E-state index in [1.807, 2.05) is 11.8 Å². The second-order valence-corrected chi connectivity index (χ2v) is 6.93. The van der Waals surface area contributed by atoms with Crippen molar-refractivity contribution in [3.63, 3.8) is 0 Å². The van der Waals surface area contributed by atoms with Crippen LogP contribution < -0.4 is 5.32 Å². The smallest absolute Gasteiger partial charge is 0.135 e. The molecule has 1 aromatic heterocycles. The molecular weight excluding hydrogens is 270 g/mol. The highest BCUT2D eigenvalue weighted by Crippen LogP contribution is 2.40. The SMILES string of the molecule is CCCNc1cc(SC2CCOC2C)nc(C2CC2)n1. The number of aromatic nitrogens is 2. The van der Waals surface area contributed by atoms with Crippen LogP contribution in [0.2, 0.25) is 0 Å². The van der Waals surface area contributed by atoms with Gasteiger partial charge in [0.15, 0.2) is 0 Å². The molecule has 1 aliphatic carbocycles. The third-order valence-corrected chi connectivity index (χ3v) is 5.17. The summed E-state index contributed by atoms with van der Waals surface area (Å²) in [5.41, 5.74) is 0. The van der Waals surface area contributed by atoms with Crippen molar-refractivity contribution in [2.24, 2.45) is 0 Å². The summed E-state index contributed by atoms with van der Waals surface area (Å²) >= 11 is 1.85. The maximum atomic E-state index is 5.64. The lowest BCUT2D eigenvalue weighted by molar-refractivity contribution is 0.127. The van der Waals surface area contributed by atoms with Crippen LogP contribution in [0.4, 0.5) is 5.82 Å². The maximum absolute atomic E-state index is 5.64. The molecule has 1 saturated carbocycles. The maximum Gasteiger partial charge on any atom is 0.135 e. The number of nitrogens with zero attached hydrogens (tertiary/aromatic N) is 2. The molecule has 1 saturated heterocycles. The Morgan fingerprint density at radius 3 is 2.85 bits per heavy atom. The average molecular weight is 293 g/mol. The van der Waals surface area contributed by atoms with Crippen molar-refractivity contribution >= 4 is 17.6 Å². The third-order valence-electron chi connectivity index (χ3n) is 3.80. The van der Waals surface area contributed by atoms with Gasteiger partial charge in [0, 0.05) is 30.4 Å². The van der Waals surface area contributed by atoms with E-state index in [9.17, 15) is 0 Å². The Balaban J connectivity index is 1.75. The van der Waals surface area contributed by atoms with Crippen molar-refractivity contribution < 1.29 is 4.74 Å². The average Bonchev–Trinajstić information content (AvgIpc) is 3.22. The molecule has 0 amide bonds. The lowest BCUT2D eigenvalue weighted by atomic mass is 10.3. The highest BCUT2D eigenvalue weighted by molar-refractivity contribution is 7.99. The predicted octanol–water partition coefficient (Wildman–Crippen LogP) is 3.45. The van der Waals surface area contributed by atoms with Gasteiger partial charge in [0.05, 0.1) is 6.10 Å². The first kappa shape index (κ1) is 14.1. The molecule has 1 aromatic rings. The van der Waals surface area contributed by atoms with Gasteiger partial charge < -0.3 is 10.1 Å². The van der Waals surface area contributed by atoms with E-state index in [1.54, 1.807) is 0 Å². The lowest BCUT2D eigenvalue weighted by Crippen LogP contribution is -2.14. The quantitative estimate of drug-likeness (QED) is 0.814. The summed E-state index contributed by atoms with van der Waals surface area (Å²) in [7, 11) is 0. The van der Waals surface area contributed by atoms with Gasteiger partial charge in [-0.15, -0.1) is 11.8 Å². The Morgan fingerprint density at radius 1 is 1.35 bits per heavy atom. The largest absolute Gasteiger partial charge is 0.377 e. The molecule has 0 bridgehead atoms. The lowest BCUT2D eigenvalue weighted by Gasteiger charge is -2.14. The first-order valence-electron chi connectivity index (χ1n) is 7.67. The van der Waals surface area contributed by atoms with Gasteiger partial charge in [-0.1, -0.05) is 6.92 Å². The first-order valence-corrected chi connectivity index (χ1v) is 8.55. The van der Waals surface area contributed by atoms with E-state index in [4.69, 9.17) is 9.72 Å². The highest BCUT2D eigenvalue weighted by atomic mass is 32.2. The van der Waals surface area contributed by atoms with Crippen LogP contribution in [0, 0.1) is 0 Å². The number of nitrogens with one attached hydrogen (secondary N) is 1. The summed E-state index contributed by atoms with van der Waals surface area (Å²) in [5.74, 6) is 2.60. The van der Waals surface area contributed by atoms with E-state index in [1.165, 1.54) is 12.8 Å². The van der Waals surface area contributed by atoms with Gasteiger partial charge in [0.2, 0.25) is 0 Å².